The van der Waals surface area contributed by atoms with Crippen LogP contribution in [0.2, 0.25) is 0 Å². The van der Waals surface area contributed by atoms with E-state index in [9.17, 15) is 4.79 Å². The molecule has 15 heavy (non-hydrogen) atoms. The predicted octanol–water partition coefficient (Wildman–Crippen LogP) is 1.96. The Bertz CT molecular complexity index is 344. The molecule has 0 aliphatic heterocycles. The summed E-state index contributed by atoms with van der Waals surface area (Å²) in [6.45, 7) is 1.06. The van der Waals surface area contributed by atoms with Gasteiger partial charge in [0.25, 0.3) is 5.91 Å². The highest BCUT2D eigenvalue weighted by molar-refractivity contribution is 7.07. The number of hydrogen-bond acceptors (Lipinski definition) is 4. The van der Waals surface area contributed by atoms with E-state index in [4.69, 9.17) is 5.53 Å². The van der Waals surface area contributed by atoms with Crippen molar-refractivity contribution < 1.29 is 4.79 Å². The summed E-state index contributed by atoms with van der Waals surface area (Å²) in [6, 6.07) is 0. The summed E-state index contributed by atoms with van der Waals surface area (Å²) in [5.74, 6) is -0.153. The van der Waals surface area contributed by atoms with Crippen molar-refractivity contribution in [3.63, 3.8) is 0 Å². The fourth-order valence-corrected chi connectivity index (χ4v) is 1.50. The van der Waals surface area contributed by atoms with Crippen LogP contribution in [-0.2, 0) is 0 Å². The van der Waals surface area contributed by atoms with E-state index >= 15 is 0 Å². The SMILES string of the molecule is [N-]=[N+]=NCCCCNC(=O)c1cscn1. The number of amides is 1. The molecule has 1 aromatic heterocycles. The maximum atomic E-state index is 11.3. The Labute approximate surface area is 91.0 Å². The lowest BCUT2D eigenvalue weighted by molar-refractivity contribution is 0.0949. The van der Waals surface area contributed by atoms with Gasteiger partial charge in [-0.15, -0.1) is 11.3 Å². The van der Waals surface area contributed by atoms with Crippen LogP contribution in [0.25, 0.3) is 10.4 Å². The number of carbonyl (C=O) groups is 1. The minimum Gasteiger partial charge on any atom is -0.351 e. The first-order valence-electron chi connectivity index (χ1n) is 4.52. The summed E-state index contributed by atoms with van der Waals surface area (Å²) in [5.41, 5.74) is 10.1. The van der Waals surface area contributed by atoms with Crippen LogP contribution in [0.4, 0.5) is 0 Å². The van der Waals surface area contributed by atoms with Gasteiger partial charge in [0.05, 0.1) is 5.51 Å². The second kappa shape index (κ2) is 6.80. The van der Waals surface area contributed by atoms with Gasteiger partial charge in [0, 0.05) is 23.4 Å². The van der Waals surface area contributed by atoms with Crippen molar-refractivity contribution in [2.45, 2.75) is 12.8 Å². The summed E-state index contributed by atoms with van der Waals surface area (Å²) in [4.78, 5) is 17.9. The summed E-state index contributed by atoms with van der Waals surface area (Å²) in [6.07, 6.45) is 1.58. The number of unbranched alkanes of at least 4 members (excludes halogenated alkanes) is 1. The first kappa shape index (κ1) is 11.5. The molecule has 7 heteroatoms. The van der Waals surface area contributed by atoms with E-state index in [1.807, 2.05) is 0 Å². The zero-order chi connectivity index (χ0) is 10.9. The smallest absolute Gasteiger partial charge is 0.270 e. The maximum Gasteiger partial charge on any atom is 0.270 e. The second-order valence-corrected chi connectivity index (χ2v) is 3.51. The second-order valence-electron chi connectivity index (χ2n) is 2.79. The van der Waals surface area contributed by atoms with Gasteiger partial charge in [-0.3, -0.25) is 4.79 Å². The van der Waals surface area contributed by atoms with Crippen LogP contribution < -0.4 is 5.32 Å². The lowest BCUT2D eigenvalue weighted by Gasteiger charge is -2.01. The zero-order valence-corrected chi connectivity index (χ0v) is 8.90. The van der Waals surface area contributed by atoms with Crippen molar-refractivity contribution in [3.8, 4) is 0 Å². The molecule has 1 amide bonds. The number of rotatable bonds is 6. The van der Waals surface area contributed by atoms with Crippen LogP contribution in [0.1, 0.15) is 23.3 Å². The molecule has 0 spiro atoms. The van der Waals surface area contributed by atoms with Gasteiger partial charge in [0.2, 0.25) is 0 Å². The van der Waals surface area contributed by atoms with Crippen molar-refractivity contribution in [2.75, 3.05) is 13.1 Å². The van der Waals surface area contributed by atoms with E-state index < -0.39 is 0 Å². The fourth-order valence-electron chi connectivity index (χ4n) is 0.969. The van der Waals surface area contributed by atoms with Gasteiger partial charge in [0.15, 0.2) is 0 Å². The Morgan fingerprint density at radius 3 is 3.20 bits per heavy atom. The number of nitrogens with zero attached hydrogens (tertiary/aromatic N) is 4. The molecule has 6 nitrogen and oxygen atoms in total. The molecule has 0 radical (unpaired) electrons. The number of aromatic nitrogens is 1. The topological polar surface area (TPSA) is 90.8 Å². The normalized spacial score (nSPS) is 9.33. The van der Waals surface area contributed by atoms with E-state index in [1.165, 1.54) is 11.3 Å². The molecule has 0 unspecified atom stereocenters. The van der Waals surface area contributed by atoms with Gasteiger partial charge in [-0.05, 0) is 18.4 Å². The van der Waals surface area contributed by atoms with Crippen LogP contribution in [-0.4, -0.2) is 24.0 Å². The molecule has 0 aliphatic rings. The maximum absolute atomic E-state index is 11.3. The molecular weight excluding hydrogens is 214 g/mol. The molecule has 0 saturated carbocycles. The lowest BCUT2D eigenvalue weighted by Crippen LogP contribution is -2.24. The standard InChI is InChI=1S/C8H11N5OS/c9-13-12-4-2-1-3-10-8(14)7-5-15-6-11-7/h5-6H,1-4H2,(H,10,14). The largest absolute Gasteiger partial charge is 0.351 e. The Kier molecular flexibility index (Phi) is 5.21. The van der Waals surface area contributed by atoms with Crippen LogP contribution in [0, 0.1) is 0 Å². The van der Waals surface area contributed by atoms with E-state index in [-0.39, 0.29) is 5.91 Å². The van der Waals surface area contributed by atoms with Crippen molar-refractivity contribution in [3.05, 3.63) is 27.0 Å². The van der Waals surface area contributed by atoms with Crippen LogP contribution in [0.5, 0.6) is 0 Å². The van der Waals surface area contributed by atoms with Crippen molar-refractivity contribution in [2.24, 2.45) is 5.11 Å². The molecule has 80 valence electrons. The van der Waals surface area contributed by atoms with Gasteiger partial charge < -0.3 is 5.32 Å². The van der Waals surface area contributed by atoms with Gasteiger partial charge >= 0.3 is 0 Å². The van der Waals surface area contributed by atoms with Crippen molar-refractivity contribution in [1.29, 1.82) is 0 Å². The lowest BCUT2D eigenvalue weighted by atomic mass is 10.3. The highest BCUT2D eigenvalue weighted by Gasteiger charge is 2.05. The summed E-state index contributed by atoms with van der Waals surface area (Å²) >= 11 is 1.39. The summed E-state index contributed by atoms with van der Waals surface area (Å²) in [7, 11) is 0. The van der Waals surface area contributed by atoms with Crippen LogP contribution >= 0.6 is 11.3 Å². The molecule has 0 atom stereocenters. The molecule has 1 rings (SSSR count). The first-order chi connectivity index (χ1) is 7.34. The number of azide groups is 1. The first-order valence-corrected chi connectivity index (χ1v) is 5.46. The van der Waals surface area contributed by atoms with E-state index in [0.717, 1.165) is 12.8 Å². The van der Waals surface area contributed by atoms with E-state index in [1.54, 1.807) is 10.9 Å². The third-order valence-corrected chi connectivity index (χ3v) is 2.29. The summed E-state index contributed by atoms with van der Waals surface area (Å²) in [5, 5.41) is 7.83. The third-order valence-electron chi connectivity index (χ3n) is 1.70. The fraction of sp³-hybridized carbons (Fsp3) is 0.500. The third kappa shape index (κ3) is 4.44. The van der Waals surface area contributed by atoms with Crippen molar-refractivity contribution >= 4 is 17.2 Å². The van der Waals surface area contributed by atoms with E-state index in [2.05, 4.69) is 20.3 Å². The Balaban J connectivity index is 2.10. The van der Waals surface area contributed by atoms with Crippen LogP contribution in [0.15, 0.2) is 16.0 Å². The Morgan fingerprint density at radius 1 is 1.67 bits per heavy atom. The number of nitrogens with one attached hydrogen (secondary N) is 1. The Morgan fingerprint density at radius 2 is 2.53 bits per heavy atom. The van der Waals surface area contributed by atoms with Gasteiger partial charge in [-0.1, -0.05) is 5.11 Å². The molecule has 0 bridgehead atoms. The molecule has 0 aliphatic carbocycles. The zero-order valence-electron chi connectivity index (χ0n) is 8.09. The molecular formula is C8H11N5OS. The average Bonchev–Trinajstić information content (AvgIpc) is 2.76. The molecule has 1 heterocycles. The summed E-state index contributed by atoms with van der Waals surface area (Å²) < 4.78 is 0. The quantitative estimate of drug-likeness (QED) is 0.347. The molecule has 0 saturated heterocycles. The number of thiazole rings is 1. The van der Waals surface area contributed by atoms with Gasteiger partial charge in [0.1, 0.15) is 5.69 Å². The van der Waals surface area contributed by atoms with Crippen LogP contribution in [0.3, 0.4) is 0 Å². The molecule has 0 fully saturated rings. The molecule has 1 N–H and O–H groups in total. The minimum atomic E-state index is -0.153. The number of carbonyl (C=O) groups excluding carboxylic acids is 1. The highest BCUT2D eigenvalue weighted by Crippen LogP contribution is 2.00. The van der Waals surface area contributed by atoms with E-state index in [0.29, 0.717) is 18.8 Å². The Hall–Kier alpha value is -1.59. The van der Waals surface area contributed by atoms with Gasteiger partial charge in [-0.2, -0.15) is 0 Å². The predicted molar refractivity (Wildman–Crippen MR) is 57.7 cm³/mol. The van der Waals surface area contributed by atoms with Gasteiger partial charge in [-0.25, -0.2) is 4.98 Å². The van der Waals surface area contributed by atoms with Crippen molar-refractivity contribution in [1.82, 2.24) is 10.3 Å². The highest BCUT2D eigenvalue weighted by atomic mass is 32.1. The molecule has 1 aromatic rings. The minimum absolute atomic E-state index is 0.153. The molecule has 0 aromatic carbocycles. The average molecular weight is 225 g/mol. The number of hydrogen-bond donors (Lipinski definition) is 1. The monoisotopic (exact) mass is 225 g/mol.